The summed E-state index contributed by atoms with van der Waals surface area (Å²) >= 11 is 9.51. The lowest BCUT2D eigenvalue weighted by molar-refractivity contribution is -0.116. The summed E-state index contributed by atoms with van der Waals surface area (Å²) in [6.07, 6.45) is 0.439. The number of hydrogen-bond acceptors (Lipinski definition) is 6. The van der Waals surface area contributed by atoms with Gasteiger partial charge in [0.15, 0.2) is 0 Å². The molecule has 0 bridgehead atoms. The number of carbonyl (C=O) groups excluding carboxylic acids is 1. The van der Waals surface area contributed by atoms with Crippen molar-refractivity contribution in [2.75, 3.05) is 38.0 Å². The van der Waals surface area contributed by atoms with E-state index in [-0.39, 0.29) is 5.91 Å². The second kappa shape index (κ2) is 10.4. The summed E-state index contributed by atoms with van der Waals surface area (Å²) in [5.41, 5.74) is 1.62. The van der Waals surface area contributed by atoms with Gasteiger partial charge in [-0.1, -0.05) is 29.8 Å². The molecule has 0 atom stereocenters. The lowest BCUT2D eigenvalue weighted by atomic mass is 10.2. The van der Waals surface area contributed by atoms with E-state index in [1.807, 2.05) is 23.6 Å². The lowest BCUT2D eigenvalue weighted by Gasteiger charge is -2.34. The van der Waals surface area contributed by atoms with E-state index in [4.69, 9.17) is 16.9 Å². The molecule has 0 radical (unpaired) electrons. The van der Waals surface area contributed by atoms with E-state index in [1.165, 1.54) is 21.1 Å². The first-order chi connectivity index (χ1) is 15.1. The molecule has 0 saturated carbocycles. The molecule has 4 rings (SSSR count). The van der Waals surface area contributed by atoms with Crippen LogP contribution in [0.3, 0.4) is 0 Å². The summed E-state index contributed by atoms with van der Waals surface area (Å²) in [6.45, 7) is 5.58. The maximum atomic E-state index is 12.2. The number of piperazine rings is 1. The third-order valence-corrected chi connectivity index (χ3v) is 7.60. The molecule has 3 heterocycles. The molecule has 1 N–H and O–H groups in total. The van der Waals surface area contributed by atoms with Crippen molar-refractivity contribution in [3.8, 4) is 16.5 Å². The molecule has 8 heteroatoms. The molecular weight excluding hydrogens is 448 g/mol. The van der Waals surface area contributed by atoms with Gasteiger partial charge in [-0.25, -0.2) is 0 Å². The molecule has 1 aliphatic heterocycles. The lowest BCUT2D eigenvalue weighted by Crippen LogP contribution is -2.46. The molecule has 3 aromatic rings. The van der Waals surface area contributed by atoms with E-state index in [0.29, 0.717) is 17.0 Å². The van der Waals surface area contributed by atoms with Gasteiger partial charge in [0.05, 0.1) is 5.56 Å². The van der Waals surface area contributed by atoms with E-state index < -0.39 is 0 Å². The first kappa shape index (κ1) is 22.0. The third-order valence-electron chi connectivity index (χ3n) is 5.34. The fourth-order valence-corrected chi connectivity index (χ4v) is 5.74. The van der Waals surface area contributed by atoms with Crippen molar-refractivity contribution >= 4 is 45.2 Å². The average Bonchev–Trinajstić information content (AvgIpc) is 3.43. The van der Waals surface area contributed by atoms with Crippen molar-refractivity contribution in [3.05, 3.63) is 63.3 Å². The van der Waals surface area contributed by atoms with Crippen LogP contribution in [0.1, 0.15) is 16.9 Å². The molecule has 1 saturated heterocycles. The topological polar surface area (TPSA) is 59.4 Å². The standard InChI is InChI=1S/C23H23ClN4OS2/c24-20-4-2-1-3-19(20)21-6-5-18(31-21)16-28-12-10-27(11-13-28)9-7-22(29)26-23-17(15-25)8-14-30-23/h1-6,8,14H,7,9-13,16H2,(H,26,29). The zero-order valence-electron chi connectivity index (χ0n) is 17.0. The summed E-state index contributed by atoms with van der Waals surface area (Å²) in [6, 6.07) is 16.1. The number of nitrogens with one attached hydrogen (secondary N) is 1. The van der Waals surface area contributed by atoms with Crippen LogP contribution < -0.4 is 5.32 Å². The van der Waals surface area contributed by atoms with Crippen molar-refractivity contribution < 1.29 is 4.79 Å². The normalized spacial score (nSPS) is 15.0. The van der Waals surface area contributed by atoms with Crippen LogP contribution in [-0.2, 0) is 11.3 Å². The van der Waals surface area contributed by atoms with Gasteiger partial charge < -0.3 is 10.2 Å². The van der Waals surface area contributed by atoms with Gasteiger partial charge in [-0.15, -0.1) is 22.7 Å². The van der Waals surface area contributed by atoms with Crippen molar-refractivity contribution in [2.24, 2.45) is 0 Å². The summed E-state index contributed by atoms with van der Waals surface area (Å²) in [5, 5.41) is 15.1. The zero-order valence-corrected chi connectivity index (χ0v) is 19.4. The largest absolute Gasteiger partial charge is 0.317 e. The van der Waals surface area contributed by atoms with Crippen LogP contribution in [0, 0.1) is 11.3 Å². The highest BCUT2D eigenvalue weighted by Crippen LogP contribution is 2.33. The minimum absolute atomic E-state index is 0.0351. The minimum atomic E-state index is -0.0351. The molecule has 1 amide bonds. The Morgan fingerprint density at radius 2 is 1.87 bits per heavy atom. The average molecular weight is 471 g/mol. The Morgan fingerprint density at radius 3 is 2.65 bits per heavy atom. The molecule has 1 aliphatic rings. The molecule has 0 spiro atoms. The van der Waals surface area contributed by atoms with Gasteiger partial charge in [-0.2, -0.15) is 5.26 Å². The summed E-state index contributed by atoms with van der Waals surface area (Å²) in [5.74, 6) is -0.0351. The number of nitrogens with zero attached hydrogens (tertiary/aromatic N) is 3. The van der Waals surface area contributed by atoms with E-state index >= 15 is 0 Å². The zero-order chi connectivity index (χ0) is 21.6. The highest BCUT2D eigenvalue weighted by atomic mass is 35.5. The molecule has 0 unspecified atom stereocenters. The van der Waals surface area contributed by atoms with Crippen LogP contribution in [0.5, 0.6) is 0 Å². The third kappa shape index (κ3) is 5.73. The van der Waals surface area contributed by atoms with Crippen molar-refractivity contribution in [1.29, 1.82) is 5.26 Å². The first-order valence-corrected chi connectivity index (χ1v) is 12.3. The molecule has 1 aromatic carbocycles. The fraction of sp³-hybridized carbons (Fsp3) is 0.304. The number of carbonyl (C=O) groups is 1. The number of rotatable bonds is 7. The Hall–Kier alpha value is -2.21. The second-order valence-electron chi connectivity index (χ2n) is 7.44. The van der Waals surface area contributed by atoms with Gasteiger partial charge in [-0.3, -0.25) is 9.69 Å². The summed E-state index contributed by atoms with van der Waals surface area (Å²) < 4.78 is 0. The van der Waals surface area contributed by atoms with Crippen LogP contribution in [0.4, 0.5) is 5.00 Å². The van der Waals surface area contributed by atoms with E-state index in [1.54, 1.807) is 17.4 Å². The predicted octanol–water partition coefficient (Wildman–Crippen LogP) is 5.15. The quantitative estimate of drug-likeness (QED) is 0.519. The van der Waals surface area contributed by atoms with E-state index in [0.717, 1.165) is 49.9 Å². The van der Waals surface area contributed by atoms with Crippen LogP contribution in [0.2, 0.25) is 5.02 Å². The molecule has 31 heavy (non-hydrogen) atoms. The number of benzene rings is 1. The summed E-state index contributed by atoms with van der Waals surface area (Å²) in [7, 11) is 0. The van der Waals surface area contributed by atoms with Crippen molar-refractivity contribution in [2.45, 2.75) is 13.0 Å². The molecule has 5 nitrogen and oxygen atoms in total. The van der Waals surface area contributed by atoms with Gasteiger partial charge in [0.1, 0.15) is 11.1 Å². The fourth-order valence-electron chi connectivity index (χ4n) is 3.60. The number of halogens is 1. The molecule has 160 valence electrons. The van der Waals surface area contributed by atoms with Gasteiger partial charge >= 0.3 is 0 Å². The van der Waals surface area contributed by atoms with Crippen LogP contribution >= 0.6 is 34.3 Å². The predicted molar refractivity (Wildman–Crippen MR) is 129 cm³/mol. The number of hydrogen-bond donors (Lipinski definition) is 1. The highest BCUT2D eigenvalue weighted by Gasteiger charge is 2.19. The van der Waals surface area contributed by atoms with Crippen molar-refractivity contribution in [3.63, 3.8) is 0 Å². The summed E-state index contributed by atoms with van der Waals surface area (Å²) in [4.78, 5) is 19.5. The van der Waals surface area contributed by atoms with Crippen molar-refractivity contribution in [1.82, 2.24) is 9.80 Å². The smallest absolute Gasteiger partial charge is 0.226 e. The monoisotopic (exact) mass is 470 g/mol. The maximum absolute atomic E-state index is 12.2. The first-order valence-electron chi connectivity index (χ1n) is 10.2. The van der Waals surface area contributed by atoms with E-state index in [2.05, 4.69) is 39.4 Å². The maximum Gasteiger partial charge on any atom is 0.226 e. The molecule has 1 fully saturated rings. The van der Waals surface area contributed by atoms with Gasteiger partial charge in [0.25, 0.3) is 0 Å². The number of anilines is 1. The van der Waals surface area contributed by atoms with Gasteiger partial charge in [0, 0.05) is 66.0 Å². The highest BCUT2D eigenvalue weighted by molar-refractivity contribution is 7.15. The van der Waals surface area contributed by atoms with Crippen LogP contribution in [0.25, 0.3) is 10.4 Å². The molecule has 0 aliphatic carbocycles. The number of thiophene rings is 2. The number of nitriles is 1. The van der Waals surface area contributed by atoms with Crippen LogP contribution in [-0.4, -0.2) is 48.4 Å². The molecular formula is C23H23ClN4OS2. The Balaban J connectivity index is 1.21. The second-order valence-corrected chi connectivity index (χ2v) is 9.93. The number of amides is 1. The van der Waals surface area contributed by atoms with Gasteiger partial charge in [0.2, 0.25) is 5.91 Å². The van der Waals surface area contributed by atoms with Gasteiger partial charge in [-0.05, 0) is 29.6 Å². The van der Waals surface area contributed by atoms with Crippen LogP contribution in [0.15, 0.2) is 47.8 Å². The Labute approximate surface area is 195 Å². The molecule has 2 aromatic heterocycles. The van der Waals surface area contributed by atoms with E-state index in [9.17, 15) is 4.79 Å². The SMILES string of the molecule is N#Cc1ccsc1NC(=O)CCN1CCN(Cc2ccc(-c3ccccc3Cl)s2)CC1. The Kier molecular flexibility index (Phi) is 7.38. The Bertz CT molecular complexity index is 1080. The minimum Gasteiger partial charge on any atom is -0.317 e. The Morgan fingerprint density at radius 1 is 1.10 bits per heavy atom.